The number of rotatable bonds is 6. The molecule has 6 nitrogen and oxygen atoms in total. The molecule has 0 aliphatic rings. The number of nitrogens with one attached hydrogen (secondary N) is 1. The third-order valence-corrected chi connectivity index (χ3v) is 4.46. The molecule has 0 radical (unpaired) electrons. The van der Waals surface area contributed by atoms with Gasteiger partial charge in [0.05, 0.1) is 20.0 Å². The Morgan fingerprint density at radius 3 is 2.29 bits per heavy atom. The third kappa shape index (κ3) is 4.38. The van der Waals surface area contributed by atoms with E-state index in [1.165, 1.54) is 11.8 Å². The maximum absolute atomic E-state index is 12.1. The summed E-state index contributed by atoms with van der Waals surface area (Å²) in [6, 6.07) is 5.23. The SMILES string of the molecule is COc1ccc(NC(=O)CSc2nc(C)c(C)c(C)n2)cc1OC. The van der Waals surface area contributed by atoms with E-state index < -0.39 is 0 Å². The van der Waals surface area contributed by atoms with Crippen molar-refractivity contribution >= 4 is 23.4 Å². The predicted molar refractivity (Wildman–Crippen MR) is 95.1 cm³/mol. The summed E-state index contributed by atoms with van der Waals surface area (Å²) in [5.41, 5.74) is 3.60. The van der Waals surface area contributed by atoms with Gasteiger partial charge in [0, 0.05) is 23.1 Å². The Balaban J connectivity index is 1.99. The smallest absolute Gasteiger partial charge is 0.234 e. The van der Waals surface area contributed by atoms with Crippen LogP contribution in [-0.2, 0) is 4.79 Å². The molecule has 24 heavy (non-hydrogen) atoms. The highest BCUT2D eigenvalue weighted by molar-refractivity contribution is 7.99. The lowest BCUT2D eigenvalue weighted by Crippen LogP contribution is -2.14. The first-order valence-electron chi connectivity index (χ1n) is 7.41. The lowest BCUT2D eigenvalue weighted by molar-refractivity contribution is -0.113. The number of aryl methyl sites for hydroxylation is 2. The number of ether oxygens (including phenoxy) is 2. The highest BCUT2D eigenvalue weighted by atomic mass is 32.2. The largest absolute Gasteiger partial charge is 0.493 e. The summed E-state index contributed by atoms with van der Waals surface area (Å²) in [7, 11) is 3.12. The van der Waals surface area contributed by atoms with Crippen molar-refractivity contribution in [3.63, 3.8) is 0 Å². The van der Waals surface area contributed by atoms with Crippen molar-refractivity contribution in [3.8, 4) is 11.5 Å². The molecule has 1 aromatic heterocycles. The lowest BCUT2D eigenvalue weighted by Gasteiger charge is -2.10. The number of hydrogen-bond donors (Lipinski definition) is 1. The summed E-state index contributed by atoms with van der Waals surface area (Å²) in [6.07, 6.45) is 0. The van der Waals surface area contributed by atoms with Crippen LogP contribution in [0.25, 0.3) is 0 Å². The molecule has 0 bridgehead atoms. The van der Waals surface area contributed by atoms with Gasteiger partial charge in [0.25, 0.3) is 0 Å². The fourth-order valence-electron chi connectivity index (χ4n) is 2.05. The minimum absolute atomic E-state index is 0.133. The zero-order valence-electron chi connectivity index (χ0n) is 14.5. The number of nitrogens with zero attached hydrogens (tertiary/aromatic N) is 2. The molecule has 1 heterocycles. The molecule has 0 unspecified atom stereocenters. The second kappa shape index (κ2) is 8.01. The van der Waals surface area contributed by atoms with Crippen LogP contribution >= 0.6 is 11.8 Å². The van der Waals surface area contributed by atoms with Crippen molar-refractivity contribution in [3.05, 3.63) is 35.2 Å². The second-order valence-corrected chi connectivity index (χ2v) is 6.15. The average molecular weight is 347 g/mol. The van der Waals surface area contributed by atoms with Gasteiger partial charge >= 0.3 is 0 Å². The summed E-state index contributed by atoms with van der Waals surface area (Å²) >= 11 is 1.31. The first-order chi connectivity index (χ1) is 11.4. The molecule has 0 saturated carbocycles. The number of aromatic nitrogens is 2. The predicted octanol–water partition coefficient (Wildman–Crippen LogP) is 3.15. The molecule has 128 valence electrons. The van der Waals surface area contributed by atoms with Crippen LogP contribution < -0.4 is 14.8 Å². The summed E-state index contributed by atoms with van der Waals surface area (Å²) < 4.78 is 10.4. The highest BCUT2D eigenvalue weighted by Crippen LogP contribution is 2.29. The molecular formula is C17H21N3O3S. The van der Waals surface area contributed by atoms with Crippen LogP contribution in [0.5, 0.6) is 11.5 Å². The van der Waals surface area contributed by atoms with Gasteiger partial charge < -0.3 is 14.8 Å². The summed E-state index contributed by atoms with van der Waals surface area (Å²) in [6.45, 7) is 5.87. The standard InChI is InChI=1S/C17H21N3O3S/c1-10-11(2)18-17(19-12(10)3)24-9-16(21)20-13-6-7-14(22-4)15(8-13)23-5/h6-8H,9H2,1-5H3,(H,20,21). The van der Waals surface area contributed by atoms with Gasteiger partial charge in [-0.2, -0.15) is 0 Å². The van der Waals surface area contributed by atoms with Crippen molar-refractivity contribution < 1.29 is 14.3 Å². The Morgan fingerprint density at radius 2 is 1.71 bits per heavy atom. The molecule has 1 aromatic carbocycles. The Bertz CT molecular complexity index is 727. The molecule has 0 saturated heterocycles. The highest BCUT2D eigenvalue weighted by Gasteiger charge is 2.10. The monoisotopic (exact) mass is 347 g/mol. The minimum atomic E-state index is -0.133. The first kappa shape index (κ1) is 18.1. The van der Waals surface area contributed by atoms with Crippen LogP contribution in [0.3, 0.4) is 0 Å². The van der Waals surface area contributed by atoms with Gasteiger partial charge in [-0.25, -0.2) is 9.97 Å². The van der Waals surface area contributed by atoms with Gasteiger partial charge in [-0.3, -0.25) is 4.79 Å². The number of anilines is 1. The molecule has 0 atom stereocenters. The topological polar surface area (TPSA) is 73.3 Å². The molecule has 0 aliphatic carbocycles. The number of thioether (sulfide) groups is 1. The Hall–Kier alpha value is -2.28. The Kier molecular flexibility index (Phi) is 6.03. The van der Waals surface area contributed by atoms with E-state index in [1.807, 2.05) is 20.8 Å². The summed E-state index contributed by atoms with van der Waals surface area (Å²) in [4.78, 5) is 20.9. The van der Waals surface area contributed by atoms with Crippen molar-refractivity contribution in [2.24, 2.45) is 0 Å². The molecule has 7 heteroatoms. The quantitative estimate of drug-likeness (QED) is 0.639. The summed E-state index contributed by atoms with van der Waals surface area (Å²) in [5, 5.41) is 3.44. The molecule has 1 N–H and O–H groups in total. The van der Waals surface area contributed by atoms with E-state index in [2.05, 4.69) is 15.3 Å². The first-order valence-corrected chi connectivity index (χ1v) is 8.39. The van der Waals surface area contributed by atoms with Gasteiger partial charge in [-0.05, 0) is 38.5 Å². The maximum Gasteiger partial charge on any atom is 0.234 e. The van der Waals surface area contributed by atoms with Gasteiger partial charge in [-0.1, -0.05) is 11.8 Å². The van der Waals surface area contributed by atoms with E-state index >= 15 is 0 Å². The van der Waals surface area contributed by atoms with E-state index in [4.69, 9.17) is 9.47 Å². The van der Waals surface area contributed by atoms with Crippen LogP contribution in [0.15, 0.2) is 23.4 Å². The minimum Gasteiger partial charge on any atom is -0.493 e. The van der Waals surface area contributed by atoms with E-state index in [-0.39, 0.29) is 11.7 Å². The number of carbonyl (C=O) groups is 1. The molecule has 2 aromatic rings. The van der Waals surface area contributed by atoms with Crippen LogP contribution in [0.1, 0.15) is 17.0 Å². The second-order valence-electron chi connectivity index (χ2n) is 5.21. The van der Waals surface area contributed by atoms with Gasteiger partial charge in [-0.15, -0.1) is 0 Å². The van der Waals surface area contributed by atoms with Crippen LogP contribution in [0.2, 0.25) is 0 Å². The van der Waals surface area contributed by atoms with Crippen molar-refractivity contribution in [2.45, 2.75) is 25.9 Å². The van der Waals surface area contributed by atoms with Crippen molar-refractivity contribution in [2.75, 3.05) is 25.3 Å². The molecular weight excluding hydrogens is 326 g/mol. The Morgan fingerprint density at radius 1 is 1.08 bits per heavy atom. The van der Waals surface area contributed by atoms with Crippen molar-refractivity contribution in [1.82, 2.24) is 9.97 Å². The van der Waals surface area contributed by atoms with E-state index in [0.717, 1.165) is 17.0 Å². The zero-order chi connectivity index (χ0) is 17.7. The number of amides is 1. The van der Waals surface area contributed by atoms with Gasteiger partial charge in [0.1, 0.15) is 0 Å². The molecule has 2 rings (SSSR count). The number of benzene rings is 1. The third-order valence-electron chi connectivity index (χ3n) is 3.61. The zero-order valence-corrected chi connectivity index (χ0v) is 15.3. The van der Waals surface area contributed by atoms with Crippen LogP contribution in [0.4, 0.5) is 5.69 Å². The maximum atomic E-state index is 12.1. The number of carbonyl (C=O) groups excluding carboxylic acids is 1. The number of methoxy groups -OCH3 is 2. The summed E-state index contributed by atoms with van der Waals surface area (Å²) in [5.74, 6) is 1.28. The normalized spacial score (nSPS) is 10.4. The average Bonchev–Trinajstić information content (AvgIpc) is 2.57. The molecule has 0 fully saturated rings. The lowest BCUT2D eigenvalue weighted by atomic mass is 10.2. The Labute approximate surface area is 146 Å². The molecule has 1 amide bonds. The fraction of sp³-hybridized carbons (Fsp3) is 0.353. The van der Waals surface area contributed by atoms with Crippen LogP contribution in [0, 0.1) is 20.8 Å². The van der Waals surface area contributed by atoms with Gasteiger partial charge in [0.15, 0.2) is 16.7 Å². The molecule has 0 spiro atoms. The van der Waals surface area contributed by atoms with Crippen LogP contribution in [-0.4, -0.2) is 35.8 Å². The fourth-order valence-corrected chi connectivity index (χ4v) is 2.78. The van der Waals surface area contributed by atoms with Gasteiger partial charge in [0.2, 0.25) is 5.91 Å². The van der Waals surface area contributed by atoms with E-state index in [0.29, 0.717) is 22.3 Å². The van der Waals surface area contributed by atoms with E-state index in [9.17, 15) is 4.79 Å². The number of hydrogen-bond acceptors (Lipinski definition) is 6. The van der Waals surface area contributed by atoms with Crippen molar-refractivity contribution in [1.29, 1.82) is 0 Å². The van der Waals surface area contributed by atoms with E-state index in [1.54, 1.807) is 32.4 Å². The molecule has 0 aliphatic heterocycles.